The van der Waals surface area contributed by atoms with Gasteiger partial charge in [-0.15, -0.1) is 11.3 Å². The maximum Gasteiger partial charge on any atom is 0.237 e. The van der Waals surface area contributed by atoms with Crippen molar-refractivity contribution in [2.24, 2.45) is 0 Å². The quantitative estimate of drug-likeness (QED) is 0.870. The van der Waals surface area contributed by atoms with Crippen molar-refractivity contribution in [2.75, 3.05) is 5.32 Å². The van der Waals surface area contributed by atoms with Gasteiger partial charge in [0.15, 0.2) is 4.34 Å². The monoisotopic (exact) mass is 292 g/mol. The van der Waals surface area contributed by atoms with E-state index in [9.17, 15) is 4.79 Å². The van der Waals surface area contributed by atoms with Gasteiger partial charge in [0, 0.05) is 16.8 Å². The van der Waals surface area contributed by atoms with Crippen LogP contribution in [0.5, 0.6) is 0 Å². The van der Waals surface area contributed by atoms with Gasteiger partial charge in [-0.2, -0.15) is 0 Å². The SMILES string of the molecule is Cc1ccc(NC(=O)[C@H](C)Sc2nc(C)cs2)cc1. The molecule has 1 amide bonds. The Bertz CT molecular complexity index is 563. The van der Waals surface area contributed by atoms with Gasteiger partial charge in [-0.25, -0.2) is 4.98 Å². The Balaban J connectivity index is 1.94. The van der Waals surface area contributed by atoms with Crippen molar-refractivity contribution in [2.45, 2.75) is 30.4 Å². The molecule has 3 nitrogen and oxygen atoms in total. The highest BCUT2D eigenvalue weighted by molar-refractivity contribution is 8.02. The molecule has 0 saturated carbocycles. The van der Waals surface area contributed by atoms with Crippen LogP contribution in [0, 0.1) is 13.8 Å². The molecular formula is C14H16N2OS2. The predicted octanol–water partition coefficient (Wildman–Crippen LogP) is 3.88. The number of nitrogens with one attached hydrogen (secondary N) is 1. The van der Waals surface area contributed by atoms with Crippen molar-refractivity contribution < 1.29 is 4.79 Å². The van der Waals surface area contributed by atoms with Gasteiger partial charge in [0.25, 0.3) is 0 Å². The van der Waals surface area contributed by atoms with E-state index in [1.807, 2.05) is 50.4 Å². The molecule has 0 aliphatic rings. The zero-order valence-electron chi connectivity index (χ0n) is 11.1. The summed E-state index contributed by atoms with van der Waals surface area (Å²) in [7, 11) is 0. The lowest BCUT2D eigenvalue weighted by molar-refractivity contribution is -0.115. The van der Waals surface area contributed by atoms with Crippen LogP contribution in [0.2, 0.25) is 0 Å². The van der Waals surface area contributed by atoms with Crippen LogP contribution < -0.4 is 5.32 Å². The third kappa shape index (κ3) is 4.08. The molecule has 2 rings (SSSR count). The third-order valence-electron chi connectivity index (χ3n) is 2.56. The second-order valence-electron chi connectivity index (χ2n) is 4.37. The van der Waals surface area contributed by atoms with E-state index in [1.54, 1.807) is 11.3 Å². The highest BCUT2D eigenvalue weighted by atomic mass is 32.2. The molecule has 0 unspecified atom stereocenters. The van der Waals surface area contributed by atoms with E-state index in [2.05, 4.69) is 10.3 Å². The Kier molecular flexibility index (Phi) is 4.61. The molecule has 0 bridgehead atoms. The van der Waals surface area contributed by atoms with Gasteiger partial charge < -0.3 is 5.32 Å². The van der Waals surface area contributed by atoms with Crippen LogP contribution >= 0.6 is 23.1 Å². The van der Waals surface area contributed by atoms with E-state index in [1.165, 1.54) is 17.3 Å². The number of thiazole rings is 1. The van der Waals surface area contributed by atoms with Gasteiger partial charge in [-0.1, -0.05) is 29.5 Å². The summed E-state index contributed by atoms with van der Waals surface area (Å²) in [4.78, 5) is 16.4. The molecular weight excluding hydrogens is 276 g/mol. The average molecular weight is 292 g/mol. The Morgan fingerprint density at radius 3 is 2.58 bits per heavy atom. The second kappa shape index (κ2) is 6.21. The highest BCUT2D eigenvalue weighted by Crippen LogP contribution is 2.27. The number of rotatable bonds is 4. The molecule has 1 N–H and O–H groups in total. The first-order valence-electron chi connectivity index (χ1n) is 6.01. The minimum Gasteiger partial charge on any atom is -0.325 e. The summed E-state index contributed by atoms with van der Waals surface area (Å²) in [5, 5.41) is 4.75. The first-order valence-corrected chi connectivity index (χ1v) is 7.77. The minimum atomic E-state index is -0.160. The van der Waals surface area contributed by atoms with Crippen molar-refractivity contribution in [3.05, 3.63) is 40.9 Å². The Hall–Kier alpha value is -1.33. The van der Waals surface area contributed by atoms with E-state index >= 15 is 0 Å². The number of nitrogens with zero attached hydrogens (tertiary/aromatic N) is 1. The molecule has 0 saturated heterocycles. The molecule has 1 heterocycles. The molecule has 1 atom stereocenters. The Morgan fingerprint density at radius 1 is 1.32 bits per heavy atom. The molecule has 2 aromatic rings. The van der Waals surface area contributed by atoms with E-state index in [-0.39, 0.29) is 11.2 Å². The van der Waals surface area contributed by atoms with Gasteiger partial charge in [0.05, 0.1) is 5.25 Å². The third-order valence-corrected chi connectivity index (χ3v) is 4.75. The molecule has 19 heavy (non-hydrogen) atoms. The molecule has 0 radical (unpaired) electrons. The molecule has 1 aromatic heterocycles. The molecule has 0 fully saturated rings. The summed E-state index contributed by atoms with van der Waals surface area (Å²) in [5.41, 5.74) is 3.01. The van der Waals surface area contributed by atoms with Crippen LogP contribution in [-0.2, 0) is 4.79 Å². The fraction of sp³-hybridized carbons (Fsp3) is 0.286. The molecule has 5 heteroatoms. The number of benzene rings is 1. The molecule has 100 valence electrons. The van der Waals surface area contributed by atoms with Crippen LogP contribution in [0.25, 0.3) is 0 Å². The van der Waals surface area contributed by atoms with E-state index in [0.717, 1.165) is 15.7 Å². The number of carbonyl (C=O) groups excluding carboxylic acids is 1. The zero-order chi connectivity index (χ0) is 13.8. The van der Waals surface area contributed by atoms with Crippen molar-refractivity contribution in [3.63, 3.8) is 0 Å². The van der Waals surface area contributed by atoms with Gasteiger partial charge in [0.2, 0.25) is 5.91 Å². The number of anilines is 1. The predicted molar refractivity (Wildman–Crippen MR) is 82.0 cm³/mol. The lowest BCUT2D eigenvalue weighted by atomic mass is 10.2. The molecule has 0 aliphatic carbocycles. The maximum absolute atomic E-state index is 12.1. The number of carbonyl (C=O) groups is 1. The summed E-state index contributed by atoms with van der Waals surface area (Å²) in [6.45, 7) is 5.87. The second-order valence-corrected chi connectivity index (χ2v) is 6.82. The number of hydrogen-bond donors (Lipinski definition) is 1. The van der Waals surface area contributed by atoms with Crippen molar-refractivity contribution in [1.82, 2.24) is 4.98 Å². The van der Waals surface area contributed by atoms with E-state index in [4.69, 9.17) is 0 Å². The molecule has 0 aliphatic heterocycles. The number of thioether (sulfide) groups is 1. The fourth-order valence-electron chi connectivity index (χ4n) is 1.47. The first kappa shape index (κ1) is 14.1. The van der Waals surface area contributed by atoms with Crippen molar-refractivity contribution >= 4 is 34.7 Å². The van der Waals surface area contributed by atoms with Crippen molar-refractivity contribution in [1.29, 1.82) is 0 Å². The average Bonchev–Trinajstić information content (AvgIpc) is 2.77. The summed E-state index contributed by atoms with van der Waals surface area (Å²) in [5.74, 6) is 0.00158. The topological polar surface area (TPSA) is 42.0 Å². The normalized spacial score (nSPS) is 12.2. The van der Waals surface area contributed by atoms with Crippen LogP contribution in [0.4, 0.5) is 5.69 Å². The van der Waals surface area contributed by atoms with Crippen molar-refractivity contribution in [3.8, 4) is 0 Å². The smallest absolute Gasteiger partial charge is 0.237 e. The van der Waals surface area contributed by atoms with E-state index < -0.39 is 0 Å². The summed E-state index contributed by atoms with van der Waals surface area (Å²) in [6, 6.07) is 7.80. The number of amides is 1. The summed E-state index contributed by atoms with van der Waals surface area (Å²) >= 11 is 3.07. The largest absolute Gasteiger partial charge is 0.325 e. The van der Waals surface area contributed by atoms with Crippen LogP contribution in [0.15, 0.2) is 34.0 Å². The van der Waals surface area contributed by atoms with Crippen LogP contribution in [0.3, 0.4) is 0 Å². The van der Waals surface area contributed by atoms with Crippen LogP contribution in [-0.4, -0.2) is 16.1 Å². The lowest BCUT2D eigenvalue weighted by Gasteiger charge is -2.10. The minimum absolute atomic E-state index is 0.00158. The molecule has 1 aromatic carbocycles. The zero-order valence-corrected chi connectivity index (χ0v) is 12.8. The first-order chi connectivity index (χ1) is 9.04. The number of aromatic nitrogens is 1. The highest BCUT2D eigenvalue weighted by Gasteiger charge is 2.16. The number of aryl methyl sites for hydroxylation is 2. The molecule has 0 spiro atoms. The lowest BCUT2D eigenvalue weighted by Crippen LogP contribution is -2.22. The van der Waals surface area contributed by atoms with Gasteiger partial charge in [-0.3, -0.25) is 4.79 Å². The Morgan fingerprint density at radius 2 is 2.00 bits per heavy atom. The number of hydrogen-bond acceptors (Lipinski definition) is 4. The van der Waals surface area contributed by atoms with Gasteiger partial charge in [0.1, 0.15) is 0 Å². The van der Waals surface area contributed by atoms with Crippen LogP contribution in [0.1, 0.15) is 18.2 Å². The van der Waals surface area contributed by atoms with Gasteiger partial charge in [-0.05, 0) is 32.9 Å². The fourth-order valence-corrected chi connectivity index (χ4v) is 3.46. The standard InChI is InChI=1S/C14H16N2OS2/c1-9-4-6-12(7-5-9)16-13(17)11(3)19-14-15-10(2)8-18-14/h4-8,11H,1-3H3,(H,16,17)/t11-/m0/s1. The Labute approximate surface area is 121 Å². The summed E-state index contributed by atoms with van der Waals surface area (Å²) < 4.78 is 0.934. The van der Waals surface area contributed by atoms with E-state index in [0.29, 0.717) is 0 Å². The summed E-state index contributed by atoms with van der Waals surface area (Å²) in [6.07, 6.45) is 0. The maximum atomic E-state index is 12.1. The van der Waals surface area contributed by atoms with Gasteiger partial charge >= 0.3 is 0 Å².